The molecule has 0 aliphatic carbocycles. The molecule has 2 aromatic carbocycles. The number of aromatic nitrogens is 2. The highest BCUT2D eigenvalue weighted by Crippen LogP contribution is 2.27. The van der Waals surface area contributed by atoms with Crippen molar-refractivity contribution < 1.29 is 9.59 Å². The Morgan fingerprint density at radius 1 is 1.06 bits per heavy atom. The molecule has 0 radical (unpaired) electrons. The fourth-order valence-corrected chi connectivity index (χ4v) is 4.32. The van der Waals surface area contributed by atoms with E-state index < -0.39 is 5.91 Å². The van der Waals surface area contributed by atoms with E-state index in [2.05, 4.69) is 15.6 Å². The average Bonchev–Trinajstić information content (AvgIpc) is 3.10. The van der Waals surface area contributed by atoms with Crippen LogP contribution in [0.2, 0.25) is 5.02 Å². The molecule has 2 aromatic heterocycles. The van der Waals surface area contributed by atoms with E-state index in [0.29, 0.717) is 37.1 Å². The summed E-state index contributed by atoms with van der Waals surface area (Å²) >= 11 is 7.20. The molecule has 9 heteroatoms. The van der Waals surface area contributed by atoms with E-state index >= 15 is 0 Å². The first-order valence-corrected chi connectivity index (χ1v) is 10.5. The molecule has 0 aliphatic rings. The summed E-state index contributed by atoms with van der Waals surface area (Å²) in [6, 6.07) is 15.9. The van der Waals surface area contributed by atoms with Crippen LogP contribution in [-0.2, 0) is 11.3 Å². The summed E-state index contributed by atoms with van der Waals surface area (Å²) in [5.41, 5.74) is 1.27. The number of carbonyl (C=O) groups is 2. The van der Waals surface area contributed by atoms with Gasteiger partial charge in [-0.3, -0.25) is 19.0 Å². The van der Waals surface area contributed by atoms with E-state index in [9.17, 15) is 14.4 Å². The number of hydrogen-bond acceptors (Lipinski definition) is 5. The Labute approximate surface area is 186 Å². The molecule has 0 saturated heterocycles. The second-order valence-corrected chi connectivity index (χ2v) is 8.17. The zero-order valence-electron chi connectivity index (χ0n) is 16.4. The third-order valence-corrected chi connectivity index (χ3v) is 6.15. The van der Waals surface area contributed by atoms with Crippen molar-refractivity contribution in [2.24, 2.45) is 0 Å². The summed E-state index contributed by atoms with van der Waals surface area (Å²) in [6.07, 6.45) is 1.31. The standard InChI is InChI=1S/C22H17ClN4O3S/c1-13-18-21(31-19(13)20(29)25-14-7-3-2-4-8-14)24-12-27(22(18)30)11-17(28)26-16-10-6-5-9-15(16)23/h2-10,12H,11H2,1H3,(H,25,29)(H,26,28). The van der Waals surface area contributed by atoms with Gasteiger partial charge in [0, 0.05) is 5.69 Å². The highest BCUT2D eigenvalue weighted by Gasteiger charge is 2.20. The number of halogens is 1. The number of benzene rings is 2. The van der Waals surface area contributed by atoms with Gasteiger partial charge in [0.15, 0.2) is 0 Å². The summed E-state index contributed by atoms with van der Waals surface area (Å²) in [5, 5.41) is 6.23. The molecule has 7 nitrogen and oxygen atoms in total. The Morgan fingerprint density at radius 3 is 2.52 bits per heavy atom. The molecule has 0 atom stereocenters. The van der Waals surface area contributed by atoms with Gasteiger partial charge in [-0.2, -0.15) is 0 Å². The van der Waals surface area contributed by atoms with Crippen LogP contribution < -0.4 is 16.2 Å². The molecule has 31 heavy (non-hydrogen) atoms. The van der Waals surface area contributed by atoms with Gasteiger partial charge >= 0.3 is 0 Å². The number of rotatable bonds is 5. The Kier molecular flexibility index (Phi) is 5.83. The number of aryl methyl sites for hydroxylation is 1. The molecule has 2 N–H and O–H groups in total. The van der Waals surface area contributed by atoms with Crippen LogP contribution in [0, 0.1) is 6.92 Å². The van der Waals surface area contributed by atoms with E-state index in [0.717, 1.165) is 11.3 Å². The number of anilines is 2. The number of para-hydroxylation sites is 2. The van der Waals surface area contributed by atoms with Crippen LogP contribution in [0.4, 0.5) is 11.4 Å². The van der Waals surface area contributed by atoms with Crippen molar-refractivity contribution in [2.45, 2.75) is 13.5 Å². The molecule has 156 valence electrons. The van der Waals surface area contributed by atoms with E-state index in [1.54, 1.807) is 43.3 Å². The average molecular weight is 453 g/mol. The SMILES string of the molecule is Cc1c(C(=O)Nc2ccccc2)sc2ncn(CC(=O)Nc3ccccc3Cl)c(=O)c12. The van der Waals surface area contributed by atoms with Crippen molar-refractivity contribution in [2.75, 3.05) is 10.6 Å². The molecule has 2 amide bonds. The lowest BCUT2D eigenvalue weighted by Gasteiger charge is -2.08. The minimum absolute atomic E-state index is 0.228. The van der Waals surface area contributed by atoms with E-state index in [1.165, 1.54) is 10.9 Å². The molecule has 0 spiro atoms. The Balaban J connectivity index is 1.59. The molecule has 0 saturated carbocycles. The zero-order valence-corrected chi connectivity index (χ0v) is 18.0. The normalized spacial score (nSPS) is 10.8. The summed E-state index contributed by atoms with van der Waals surface area (Å²) in [6.45, 7) is 1.48. The number of carbonyl (C=O) groups excluding carboxylic acids is 2. The van der Waals surface area contributed by atoms with Gasteiger partial charge in [-0.05, 0) is 36.8 Å². The number of fused-ring (bicyclic) bond motifs is 1. The Morgan fingerprint density at radius 2 is 1.77 bits per heavy atom. The summed E-state index contributed by atoms with van der Waals surface area (Å²) in [4.78, 5) is 43.2. The van der Waals surface area contributed by atoms with E-state index in [1.807, 2.05) is 18.2 Å². The molecular formula is C22H17ClN4O3S. The van der Waals surface area contributed by atoms with Crippen molar-refractivity contribution in [1.82, 2.24) is 9.55 Å². The van der Waals surface area contributed by atoms with Crippen LogP contribution >= 0.6 is 22.9 Å². The summed E-state index contributed by atoms with van der Waals surface area (Å²) in [7, 11) is 0. The topological polar surface area (TPSA) is 93.1 Å². The first kappa shape index (κ1) is 20.8. The maximum Gasteiger partial charge on any atom is 0.266 e. The summed E-state index contributed by atoms with van der Waals surface area (Å²) in [5.74, 6) is -0.722. The number of nitrogens with one attached hydrogen (secondary N) is 2. The Bertz CT molecular complexity index is 1350. The van der Waals surface area contributed by atoms with Crippen LogP contribution in [0.15, 0.2) is 65.7 Å². The number of nitrogens with zero attached hydrogens (tertiary/aromatic N) is 2. The Hall–Kier alpha value is -3.49. The smallest absolute Gasteiger partial charge is 0.266 e. The molecule has 4 aromatic rings. The quantitative estimate of drug-likeness (QED) is 0.472. The predicted octanol–water partition coefficient (Wildman–Crippen LogP) is 4.31. The lowest BCUT2D eigenvalue weighted by molar-refractivity contribution is -0.116. The van der Waals surface area contributed by atoms with E-state index in [-0.39, 0.29) is 18.0 Å². The van der Waals surface area contributed by atoms with Crippen molar-refractivity contribution in [3.63, 3.8) is 0 Å². The van der Waals surface area contributed by atoms with E-state index in [4.69, 9.17) is 11.6 Å². The number of amides is 2. The molecule has 4 rings (SSSR count). The van der Waals surface area contributed by atoms with Gasteiger partial charge in [0.25, 0.3) is 11.5 Å². The largest absolute Gasteiger partial charge is 0.323 e. The number of thiophene rings is 1. The lowest BCUT2D eigenvalue weighted by Crippen LogP contribution is -2.28. The van der Waals surface area contributed by atoms with Gasteiger partial charge in [0.05, 0.1) is 27.3 Å². The second kappa shape index (κ2) is 8.71. The first-order valence-electron chi connectivity index (χ1n) is 9.33. The lowest BCUT2D eigenvalue weighted by atomic mass is 10.2. The fourth-order valence-electron chi connectivity index (χ4n) is 3.10. The van der Waals surface area contributed by atoms with Crippen molar-refractivity contribution in [1.29, 1.82) is 0 Å². The van der Waals surface area contributed by atoms with Gasteiger partial charge in [0.1, 0.15) is 11.4 Å². The molecule has 0 bridgehead atoms. The van der Waals surface area contributed by atoms with Crippen LogP contribution in [0.3, 0.4) is 0 Å². The van der Waals surface area contributed by atoms with Crippen molar-refractivity contribution in [3.05, 3.63) is 86.7 Å². The maximum absolute atomic E-state index is 13.0. The van der Waals surface area contributed by atoms with Gasteiger partial charge in [-0.1, -0.05) is 41.9 Å². The second-order valence-electron chi connectivity index (χ2n) is 6.76. The highest BCUT2D eigenvalue weighted by molar-refractivity contribution is 7.20. The third kappa shape index (κ3) is 4.35. The minimum Gasteiger partial charge on any atom is -0.323 e. The highest BCUT2D eigenvalue weighted by atomic mass is 35.5. The fraction of sp³-hybridized carbons (Fsp3) is 0.0909. The maximum atomic E-state index is 13.0. The molecule has 0 fully saturated rings. The minimum atomic E-state index is -0.411. The first-order chi connectivity index (χ1) is 14.9. The molecule has 0 aliphatic heterocycles. The molecule has 0 unspecified atom stereocenters. The van der Waals surface area contributed by atoms with Crippen LogP contribution in [0.25, 0.3) is 10.2 Å². The molecule has 2 heterocycles. The van der Waals surface area contributed by atoms with Crippen LogP contribution in [0.5, 0.6) is 0 Å². The predicted molar refractivity (Wildman–Crippen MR) is 123 cm³/mol. The number of hydrogen-bond donors (Lipinski definition) is 2. The van der Waals surface area contributed by atoms with Crippen molar-refractivity contribution >= 4 is 56.3 Å². The zero-order chi connectivity index (χ0) is 22.0. The van der Waals surface area contributed by atoms with Gasteiger partial charge in [-0.25, -0.2) is 4.98 Å². The van der Waals surface area contributed by atoms with Crippen molar-refractivity contribution in [3.8, 4) is 0 Å². The molecular weight excluding hydrogens is 436 g/mol. The third-order valence-electron chi connectivity index (χ3n) is 4.62. The monoisotopic (exact) mass is 452 g/mol. The van der Waals surface area contributed by atoms with Gasteiger partial charge < -0.3 is 10.6 Å². The van der Waals surface area contributed by atoms with Crippen LogP contribution in [-0.4, -0.2) is 21.4 Å². The van der Waals surface area contributed by atoms with Gasteiger partial charge in [-0.15, -0.1) is 11.3 Å². The van der Waals surface area contributed by atoms with Gasteiger partial charge in [0.2, 0.25) is 5.91 Å². The van der Waals surface area contributed by atoms with Crippen LogP contribution in [0.1, 0.15) is 15.2 Å². The summed E-state index contributed by atoms with van der Waals surface area (Å²) < 4.78 is 1.22.